The number of halogens is 1. The number of nitrogens with zero attached hydrogens (tertiary/aromatic N) is 1. The summed E-state index contributed by atoms with van der Waals surface area (Å²) in [5.74, 6) is 0.293. The van der Waals surface area contributed by atoms with E-state index in [-0.39, 0.29) is 11.0 Å². The van der Waals surface area contributed by atoms with Gasteiger partial charge in [-0.3, -0.25) is 14.9 Å². The van der Waals surface area contributed by atoms with Crippen LogP contribution in [0.1, 0.15) is 40.1 Å². The minimum atomic E-state index is -0.391. The van der Waals surface area contributed by atoms with Crippen molar-refractivity contribution in [3.63, 3.8) is 0 Å². The van der Waals surface area contributed by atoms with Crippen LogP contribution in [0.15, 0.2) is 77.3 Å². The Morgan fingerprint density at radius 1 is 1.03 bits per heavy atom. The van der Waals surface area contributed by atoms with Gasteiger partial charge in [0.15, 0.2) is 5.11 Å². The van der Waals surface area contributed by atoms with Gasteiger partial charge >= 0.3 is 0 Å². The molecule has 0 unspecified atom stereocenters. The van der Waals surface area contributed by atoms with Crippen LogP contribution in [0, 0.1) is 5.92 Å². The molecular weight excluding hydrogens is 526 g/mol. The van der Waals surface area contributed by atoms with E-state index in [9.17, 15) is 9.59 Å². The first kappa shape index (κ1) is 26.4. The Kier molecular flexibility index (Phi) is 9.39. The van der Waals surface area contributed by atoms with Crippen molar-refractivity contribution < 1.29 is 14.3 Å². The van der Waals surface area contributed by atoms with Crippen LogP contribution < -0.4 is 15.4 Å². The predicted molar refractivity (Wildman–Crippen MR) is 147 cm³/mol. The summed E-state index contributed by atoms with van der Waals surface area (Å²) in [5, 5.41) is 5.79. The number of hydrogen-bond donors (Lipinski definition) is 2. The van der Waals surface area contributed by atoms with E-state index in [2.05, 4.69) is 26.6 Å². The molecule has 0 saturated carbocycles. The summed E-state index contributed by atoms with van der Waals surface area (Å²) in [4.78, 5) is 27.5. The Labute approximate surface area is 219 Å². The number of carbonyl (C=O) groups is 2. The first-order chi connectivity index (χ1) is 16.7. The van der Waals surface area contributed by atoms with Crippen LogP contribution in [0.2, 0.25) is 0 Å². The van der Waals surface area contributed by atoms with E-state index in [1.54, 1.807) is 48.3 Å². The van der Waals surface area contributed by atoms with Gasteiger partial charge in [-0.25, -0.2) is 0 Å². The molecule has 0 aliphatic carbocycles. The number of ether oxygens (including phenoxy) is 1. The third-order valence-corrected chi connectivity index (χ3v) is 5.66. The molecule has 0 heterocycles. The molecule has 8 heteroatoms. The average Bonchev–Trinajstić information content (AvgIpc) is 2.83. The number of rotatable bonds is 8. The Hall–Kier alpha value is -3.23. The van der Waals surface area contributed by atoms with Crippen LogP contribution in [-0.4, -0.2) is 35.5 Å². The van der Waals surface area contributed by atoms with Gasteiger partial charge in [0, 0.05) is 29.3 Å². The first-order valence-electron chi connectivity index (χ1n) is 11.2. The molecule has 3 aromatic rings. The molecule has 0 bridgehead atoms. The van der Waals surface area contributed by atoms with Gasteiger partial charge in [0.1, 0.15) is 5.75 Å². The Morgan fingerprint density at radius 2 is 1.77 bits per heavy atom. The number of carbonyl (C=O) groups excluding carboxylic acids is 2. The lowest BCUT2D eigenvalue weighted by atomic mass is 10.1. The van der Waals surface area contributed by atoms with Crippen LogP contribution in [0.4, 0.5) is 5.69 Å². The van der Waals surface area contributed by atoms with Crippen molar-refractivity contribution in [1.29, 1.82) is 0 Å². The Morgan fingerprint density at radius 3 is 2.49 bits per heavy atom. The third-order valence-electron chi connectivity index (χ3n) is 4.96. The van der Waals surface area contributed by atoms with Gasteiger partial charge in [-0.05, 0) is 60.1 Å². The molecule has 0 fully saturated rings. The number of hydrogen-bond acceptors (Lipinski definition) is 4. The number of nitrogens with one attached hydrogen (secondary N) is 2. The molecule has 6 nitrogen and oxygen atoms in total. The number of thiocarbonyl (C=S) groups is 1. The van der Waals surface area contributed by atoms with Crippen molar-refractivity contribution in [2.75, 3.05) is 19.0 Å². The van der Waals surface area contributed by atoms with Crippen molar-refractivity contribution in [1.82, 2.24) is 10.2 Å². The molecule has 0 aromatic heterocycles. The second-order valence-corrected chi connectivity index (χ2v) is 9.81. The third kappa shape index (κ3) is 7.90. The maximum atomic E-state index is 12.9. The average molecular weight is 555 g/mol. The molecule has 2 amide bonds. The largest absolute Gasteiger partial charge is 0.492 e. The normalized spacial score (nSPS) is 10.5. The quantitative estimate of drug-likeness (QED) is 0.340. The minimum absolute atomic E-state index is 0.117. The minimum Gasteiger partial charge on any atom is -0.492 e. The van der Waals surface area contributed by atoms with Gasteiger partial charge < -0.3 is 15.0 Å². The van der Waals surface area contributed by atoms with Crippen LogP contribution in [0.5, 0.6) is 5.75 Å². The monoisotopic (exact) mass is 553 g/mol. The standard InChI is InChI=1S/C27H28BrN3O3S/c1-18(2)17-34-24-13-12-21(28)15-23(24)25(32)30-27(35)29-22-11-7-10-20(14-22)26(33)31(3)16-19-8-5-4-6-9-19/h4-15,18H,16-17H2,1-3H3,(H2,29,30,32,35). The molecule has 0 spiro atoms. The van der Waals surface area contributed by atoms with Gasteiger partial charge in [0.2, 0.25) is 0 Å². The van der Waals surface area contributed by atoms with Gasteiger partial charge in [0.05, 0.1) is 12.2 Å². The highest BCUT2D eigenvalue weighted by Crippen LogP contribution is 2.24. The highest BCUT2D eigenvalue weighted by atomic mass is 79.9. The fourth-order valence-electron chi connectivity index (χ4n) is 3.27. The fraction of sp³-hybridized carbons (Fsp3) is 0.222. The van der Waals surface area contributed by atoms with Crippen molar-refractivity contribution >= 4 is 50.8 Å². The molecular formula is C27H28BrN3O3S. The number of amides is 2. The van der Waals surface area contributed by atoms with E-state index < -0.39 is 5.91 Å². The molecule has 0 saturated heterocycles. The molecule has 182 valence electrons. The van der Waals surface area contributed by atoms with E-state index in [0.29, 0.717) is 41.6 Å². The second kappa shape index (κ2) is 12.5. The number of anilines is 1. The van der Waals surface area contributed by atoms with Crippen LogP contribution in [-0.2, 0) is 6.54 Å². The summed E-state index contributed by atoms with van der Waals surface area (Å²) < 4.78 is 6.55. The molecule has 0 atom stereocenters. The highest BCUT2D eigenvalue weighted by molar-refractivity contribution is 9.10. The number of benzene rings is 3. The van der Waals surface area contributed by atoms with Crippen LogP contribution in [0.25, 0.3) is 0 Å². The second-order valence-electron chi connectivity index (χ2n) is 8.48. The van der Waals surface area contributed by atoms with Crippen molar-refractivity contribution in [3.8, 4) is 5.75 Å². The maximum Gasteiger partial charge on any atom is 0.261 e. The van der Waals surface area contributed by atoms with E-state index in [4.69, 9.17) is 17.0 Å². The van der Waals surface area contributed by atoms with Gasteiger partial charge in [0.25, 0.3) is 11.8 Å². The SMILES string of the molecule is CC(C)COc1ccc(Br)cc1C(=O)NC(=S)Nc1cccc(C(=O)N(C)Cc2ccccc2)c1. The molecule has 2 N–H and O–H groups in total. The fourth-order valence-corrected chi connectivity index (χ4v) is 3.85. The van der Waals surface area contributed by atoms with Gasteiger partial charge in [-0.15, -0.1) is 0 Å². The molecule has 0 aliphatic rings. The van der Waals surface area contributed by atoms with E-state index >= 15 is 0 Å². The van der Waals surface area contributed by atoms with Crippen molar-refractivity contribution in [2.24, 2.45) is 5.92 Å². The zero-order valence-corrected chi connectivity index (χ0v) is 22.3. The zero-order chi connectivity index (χ0) is 25.4. The summed E-state index contributed by atoms with van der Waals surface area (Å²) in [7, 11) is 1.76. The molecule has 3 aromatic carbocycles. The molecule has 3 rings (SSSR count). The molecule has 0 aliphatic heterocycles. The van der Waals surface area contributed by atoms with E-state index in [1.165, 1.54) is 0 Å². The van der Waals surface area contributed by atoms with Gasteiger partial charge in [-0.2, -0.15) is 0 Å². The zero-order valence-electron chi connectivity index (χ0n) is 19.9. The summed E-state index contributed by atoms with van der Waals surface area (Å²) >= 11 is 8.75. The van der Waals surface area contributed by atoms with Crippen molar-refractivity contribution in [2.45, 2.75) is 20.4 Å². The van der Waals surface area contributed by atoms with Crippen LogP contribution in [0.3, 0.4) is 0 Å². The summed E-state index contributed by atoms with van der Waals surface area (Å²) in [5.41, 5.74) is 2.53. The Bertz CT molecular complexity index is 1200. The summed E-state index contributed by atoms with van der Waals surface area (Å²) in [6.45, 7) is 5.07. The predicted octanol–water partition coefficient (Wildman–Crippen LogP) is 5.88. The van der Waals surface area contributed by atoms with Crippen LogP contribution >= 0.6 is 28.1 Å². The topological polar surface area (TPSA) is 70.7 Å². The van der Waals surface area contributed by atoms with E-state index in [0.717, 1.165) is 10.0 Å². The highest BCUT2D eigenvalue weighted by Gasteiger charge is 2.16. The lowest BCUT2D eigenvalue weighted by Crippen LogP contribution is -2.34. The maximum absolute atomic E-state index is 12.9. The van der Waals surface area contributed by atoms with E-state index in [1.807, 2.05) is 50.2 Å². The molecule has 35 heavy (non-hydrogen) atoms. The lowest BCUT2D eigenvalue weighted by Gasteiger charge is -2.18. The summed E-state index contributed by atoms with van der Waals surface area (Å²) in [6, 6.07) is 22.1. The Balaban J connectivity index is 1.65. The van der Waals surface area contributed by atoms with Crippen molar-refractivity contribution in [3.05, 3.63) is 94.0 Å². The first-order valence-corrected chi connectivity index (χ1v) is 12.4. The summed E-state index contributed by atoms with van der Waals surface area (Å²) in [6.07, 6.45) is 0. The van der Waals surface area contributed by atoms with Gasteiger partial charge in [-0.1, -0.05) is 66.2 Å². The smallest absolute Gasteiger partial charge is 0.261 e. The molecule has 0 radical (unpaired) electrons. The lowest BCUT2D eigenvalue weighted by molar-refractivity contribution is 0.0785.